The topological polar surface area (TPSA) is 77.2 Å². The summed E-state index contributed by atoms with van der Waals surface area (Å²) < 4.78 is 5.85. The van der Waals surface area contributed by atoms with Gasteiger partial charge in [-0.2, -0.15) is 0 Å². The summed E-state index contributed by atoms with van der Waals surface area (Å²) in [6.07, 6.45) is 5.16. The minimum atomic E-state index is -0.0439. The second-order valence-corrected chi connectivity index (χ2v) is 5.26. The minimum absolute atomic E-state index is 0.0439. The van der Waals surface area contributed by atoms with Gasteiger partial charge in [0.15, 0.2) is 0 Å². The Morgan fingerprint density at radius 2 is 2.29 bits per heavy atom. The van der Waals surface area contributed by atoms with E-state index in [1.165, 1.54) is 0 Å². The Balaban J connectivity index is 1.70. The lowest BCUT2D eigenvalue weighted by molar-refractivity contribution is -0.0354. The SMILES string of the molecule is Cc1cc(N)cc(C2CN(Cc3cnccn3)CCO2)n1. The van der Waals surface area contributed by atoms with E-state index < -0.39 is 0 Å². The van der Waals surface area contributed by atoms with Crippen LogP contribution in [-0.4, -0.2) is 39.5 Å². The van der Waals surface area contributed by atoms with Crippen LogP contribution in [-0.2, 0) is 11.3 Å². The van der Waals surface area contributed by atoms with E-state index in [0.717, 1.165) is 42.4 Å². The summed E-state index contributed by atoms with van der Waals surface area (Å²) >= 11 is 0. The summed E-state index contributed by atoms with van der Waals surface area (Å²) in [6, 6.07) is 3.76. The molecule has 0 spiro atoms. The molecule has 1 saturated heterocycles. The molecule has 1 aliphatic rings. The van der Waals surface area contributed by atoms with Gasteiger partial charge in [0.25, 0.3) is 0 Å². The van der Waals surface area contributed by atoms with Gasteiger partial charge in [-0.3, -0.25) is 19.9 Å². The number of ether oxygens (including phenoxy) is 1. The molecular formula is C15H19N5O. The van der Waals surface area contributed by atoms with E-state index in [4.69, 9.17) is 10.5 Å². The van der Waals surface area contributed by atoms with E-state index in [9.17, 15) is 0 Å². The number of pyridine rings is 1. The first kappa shape index (κ1) is 13.9. The van der Waals surface area contributed by atoms with Crippen LogP contribution in [0.2, 0.25) is 0 Å². The lowest BCUT2D eigenvalue weighted by Gasteiger charge is -2.32. The maximum absolute atomic E-state index is 5.90. The number of nitrogens with two attached hydrogens (primary N) is 1. The fourth-order valence-corrected chi connectivity index (χ4v) is 2.55. The molecule has 1 fully saturated rings. The highest BCUT2D eigenvalue weighted by Gasteiger charge is 2.23. The van der Waals surface area contributed by atoms with Crippen molar-refractivity contribution >= 4 is 5.69 Å². The third kappa shape index (κ3) is 3.53. The summed E-state index contributed by atoms with van der Waals surface area (Å²) in [7, 11) is 0. The highest BCUT2D eigenvalue weighted by atomic mass is 16.5. The first-order valence-electron chi connectivity index (χ1n) is 7.03. The van der Waals surface area contributed by atoms with Crippen LogP contribution in [0.15, 0.2) is 30.7 Å². The molecule has 0 aromatic carbocycles. The summed E-state index contributed by atoms with van der Waals surface area (Å²) in [5, 5.41) is 0. The monoisotopic (exact) mass is 285 g/mol. The van der Waals surface area contributed by atoms with Crippen molar-refractivity contribution in [2.75, 3.05) is 25.4 Å². The van der Waals surface area contributed by atoms with Crippen LogP contribution in [0.4, 0.5) is 5.69 Å². The van der Waals surface area contributed by atoms with Crippen molar-refractivity contribution in [3.8, 4) is 0 Å². The average molecular weight is 285 g/mol. The molecule has 0 bridgehead atoms. The van der Waals surface area contributed by atoms with E-state index in [0.29, 0.717) is 6.61 Å². The van der Waals surface area contributed by atoms with Crippen molar-refractivity contribution in [1.29, 1.82) is 0 Å². The molecule has 3 rings (SSSR count). The van der Waals surface area contributed by atoms with Crippen molar-refractivity contribution in [2.45, 2.75) is 19.6 Å². The molecule has 1 unspecified atom stereocenters. The molecule has 6 heteroatoms. The number of aryl methyl sites for hydroxylation is 1. The van der Waals surface area contributed by atoms with Crippen LogP contribution in [0.25, 0.3) is 0 Å². The van der Waals surface area contributed by atoms with Gasteiger partial charge in [-0.25, -0.2) is 0 Å². The molecule has 0 saturated carbocycles. The zero-order chi connectivity index (χ0) is 14.7. The predicted molar refractivity (Wildman–Crippen MR) is 79.4 cm³/mol. The second kappa shape index (κ2) is 6.15. The minimum Gasteiger partial charge on any atom is -0.399 e. The van der Waals surface area contributed by atoms with Gasteiger partial charge in [-0.15, -0.1) is 0 Å². The highest BCUT2D eigenvalue weighted by Crippen LogP contribution is 2.23. The Bertz CT molecular complexity index is 584. The molecule has 21 heavy (non-hydrogen) atoms. The van der Waals surface area contributed by atoms with Gasteiger partial charge in [0.1, 0.15) is 6.10 Å². The summed E-state index contributed by atoms with van der Waals surface area (Å²) in [6.45, 7) is 5.07. The Kier molecular flexibility index (Phi) is 4.08. The van der Waals surface area contributed by atoms with E-state index in [2.05, 4.69) is 19.9 Å². The van der Waals surface area contributed by atoms with Gasteiger partial charge in [-0.1, -0.05) is 0 Å². The fraction of sp³-hybridized carbons (Fsp3) is 0.400. The molecule has 1 aliphatic heterocycles. The zero-order valence-corrected chi connectivity index (χ0v) is 12.1. The van der Waals surface area contributed by atoms with E-state index in [-0.39, 0.29) is 6.10 Å². The zero-order valence-electron chi connectivity index (χ0n) is 12.1. The van der Waals surface area contributed by atoms with Crippen LogP contribution in [0.1, 0.15) is 23.2 Å². The number of hydrogen-bond acceptors (Lipinski definition) is 6. The Morgan fingerprint density at radius 1 is 1.38 bits per heavy atom. The van der Waals surface area contributed by atoms with Crippen molar-refractivity contribution < 1.29 is 4.74 Å². The third-order valence-electron chi connectivity index (χ3n) is 3.48. The molecule has 6 nitrogen and oxygen atoms in total. The van der Waals surface area contributed by atoms with Gasteiger partial charge >= 0.3 is 0 Å². The largest absolute Gasteiger partial charge is 0.399 e. The van der Waals surface area contributed by atoms with Crippen molar-refractivity contribution in [3.63, 3.8) is 0 Å². The number of nitrogen functional groups attached to an aromatic ring is 1. The van der Waals surface area contributed by atoms with Crippen LogP contribution in [0.5, 0.6) is 0 Å². The average Bonchev–Trinajstić information content (AvgIpc) is 2.47. The van der Waals surface area contributed by atoms with Crippen molar-refractivity contribution in [3.05, 3.63) is 47.8 Å². The molecule has 2 aromatic rings. The highest BCUT2D eigenvalue weighted by molar-refractivity contribution is 5.40. The van der Waals surface area contributed by atoms with E-state index in [1.807, 2.05) is 19.1 Å². The lowest BCUT2D eigenvalue weighted by Crippen LogP contribution is -2.38. The smallest absolute Gasteiger partial charge is 0.112 e. The fourth-order valence-electron chi connectivity index (χ4n) is 2.55. The standard InChI is InChI=1S/C15H19N5O/c1-11-6-12(16)7-14(19-11)15-10-20(4-5-21-15)9-13-8-17-2-3-18-13/h2-3,6-8,15H,4-5,9-10H2,1H3,(H2,16,19). The number of rotatable bonds is 3. The van der Waals surface area contributed by atoms with Gasteiger partial charge in [-0.05, 0) is 19.1 Å². The molecule has 0 amide bonds. The Morgan fingerprint density at radius 3 is 3.05 bits per heavy atom. The van der Waals surface area contributed by atoms with Gasteiger partial charge in [0.05, 0.1) is 18.0 Å². The number of nitrogens with zero attached hydrogens (tertiary/aromatic N) is 4. The summed E-state index contributed by atoms with van der Waals surface area (Å²) in [4.78, 5) is 15.3. The molecule has 2 aromatic heterocycles. The maximum atomic E-state index is 5.90. The predicted octanol–water partition coefficient (Wildman–Crippen LogP) is 1.34. The third-order valence-corrected chi connectivity index (χ3v) is 3.48. The molecule has 0 aliphatic carbocycles. The Labute approximate surface area is 124 Å². The van der Waals surface area contributed by atoms with E-state index >= 15 is 0 Å². The first-order valence-corrected chi connectivity index (χ1v) is 7.03. The molecule has 2 N–H and O–H groups in total. The number of aromatic nitrogens is 3. The molecule has 0 radical (unpaired) electrons. The van der Waals surface area contributed by atoms with E-state index in [1.54, 1.807) is 18.6 Å². The van der Waals surface area contributed by atoms with Crippen LogP contribution < -0.4 is 5.73 Å². The molecule has 3 heterocycles. The van der Waals surface area contributed by atoms with Crippen molar-refractivity contribution in [1.82, 2.24) is 19.9 Å². The number of anilines is 1. The van der Waals surface area contributed by atoms with Crippen LogP contribution >= 0.6 is 0 Å². The summed E-state index contributed by atoms with van der Waals surface area (Å²) in [5.74, 6) is 0. The first-order chi connectivity index (χ1) is 10.2. The molecule has 110 valence electrons. The second-order valence-electron chi connectivity index (χ2n) is 5.26. The Hall–Kier alpha value is -2.05. The lowest BCUT2D eigenvalue weighted by atomic mass is 10.1. The van der Waals surface area contributed by atoms with Gasteiger partial charge < -0.3 is 10.5 Å². The van der Waals surface area contributed by atoms with Crippen LogP contribution in [0.3, 0.4) is 0 Å². The maximum Gasteiger partial charge on any atom is 0.112 e. The van der Waals surface area contributed by atoms with Crippen LogP contribution in [0, 0.1) is 6.92 Å². The molecule has 1 atom stereocenters. The number of hydrogen-bond donors (Lipinski definition) is 1. The van der Waals surface area contributed by atoms with Crippen molar-refractivity contribution in [2.24, 2.45) is 0 Å². The van der Waals surface area contributed by atoms with Gasteiger partial charge in [0.2, 0.25) is 0 Å². The summed E-state index contributed by atoms with van der Waals surface area (Å²) in [5.41, 5.74) is 9.41. The van der Waals surface area contributed by atoms with Gasteiger partial charge in [0, 0.05) is 49.6 Å². The number of morpholine rings is 1. The quantitative estimate of drug-likeness (QED) is 0.917. The normalized spacial score (nSPS) is 19.6. The molecular weight excluding hydrogens is 266 g/mol.